The molecular formula is C13H13N3O3S. The Kier molecular flexibility index (Phi) is 4.31. The monoisotopic (exact) mass is 291 g/mol. The molecule has 104 valence electrons. The Morgan fingerprint density at radius 1 is 1.35 bits per heavy atom. The lowest BCUT2D eigenvalue weighted by atomic mass is 10.1. The van der Waals surface area contributed by atoms with Gasteiger partial charge in [0.05, 0.1) is 19.7 Å². The van der Waals surface area contributed by atoms with Crippen LogP contribution >= 0.6 is 11.3 Å². The van der Waals surface area contributed by atoms with E-state index in [1.54, 1.807) is 19.2 Å². The van der Waals surface area contributed by atoms with Gasteiger partial charge in [-0.15, -0.1) is 0 Å². The molecule has 2 aromatic rings. The third kappa shape index (κ3) is 3.55. The van der Waals surface area contributed by atoms with Gasteiger partial charge in [0, 0.05) is 0 Å². The number of anilines is 1. The largest absolute Gasteiger partial charge is 0.497 e. The third-order valence-electron chi connectivity index (χ3n) is 2.52. The van der Waals surface area contributed by atoms with Gasteiger partial charge >= 0.3 is 0 Å². The first-order chi connectivity index (χ1) is 9.58. The highest BCUT2D eigenvalue weighted by Gasteiger charge is 2.10. The fraction of sp³-hybridized carbons (Fsp3) is 0.154. The zero-order valence-electron chi connectivity index (χ0n) is 10.8. The van der Waals surface area contributed by atoms with E-state index in [1.807, 2.05) is 12.1 Å². The van der Waals surface area contributed by atoms with Crippen molar-refractivity contribution in [1.29, 1.82) is 0 Å². The van der Waals surface area contributed by atoms with E-state index >= 15 is 0 Å². The maximum atomic E-state index is 11.8. The van der Waals surface area contributed by atoms with Crippen LogP contribution in [-0.4, -0.2) is 23.9 Å². The number of methoxy groups -OCH3 is 1. The Morgan fingerprint density at radius 2 is 2.05 bits per heavy atom. The minimum Gasteiger partial charge on any atom is -0.497 e. The number of primary amides is 1. The molecule has 0 spiro atoms. The summed E-state index contributed by atoms with van der Waals surface area (Å²) >= 11 is 1.05. The molecule has 0 aliphatic rings. The van der Waals surface area contributed by atoms with Gasteiger partial charge in [0.2, 0.25) is 5.91 Å². The maximum absolute atomic E-state index is 11.8. The molecule has 0 fully saturated rings. The van der Waals surface area contributed by atoms with Gasteiger partial charge in [0.15, 0.2) is 5.13 Å². The molecule has 0 saturated carbocycles. The molecule has 1 aromatic carbocycles. The van der Waals surface area contributed by atoms with Crippen LogP contribution in [0, 0.1) is 0 Å². The van der Waals surface area contributed by atoms with Gasteiger partial charge in [-0.25, -0.2) is 4.98 Å². The number of thiazole rings is 1. The number of rotatable bonds is 5. The van der Waals surface area contributed by atoms with Crippen molar-refractivity contribution in [3.63, 3.8) is 0 Å². The zero-order chi connectivity index (χ0) is 14.5. The fourth-order valence-electron chi connectivity index (χ4n) is 1.54. The first-order valence-corrected chi connectivity index (χ1v) is 6.58. The van der Waals surface area contributed by atoms with Crippen LogP contribution in [0.3, 0.4) is 0 Å². The van der Waals surface area contributed by atoms with Crippen LogP contribution < -0.4 is 15.8 Å². The van der Waals surface area contributed by atoms with Crippen LogP contribution in [0.2, 0.25) is 0 Å². The first-order valence-electron chi connectivity index (χ1n) is 5.77. The molecule has 3 N–H and O–H groups in total. The second-order valence-electron chi connectivity index (χ2n) is 3.97. The molecule has 7 heteroatoms. The molecule has 0 atom stereocenters. The van der Waals surface area contributed by atoms with Crippen molar-refractivity contribution >= 4 is 28.3 Å². The van der Waals surface area contributed by atoms with E-state index in [4.69, 9.17) is 10.5 Å². The number of hydrogen-bond donors (Lipinski definition) is 2. The van der Waals surface area contributed by atoms with Crippen molar-refractivity contribution < 1.29 is 14.3 Å². The summed E-state index contributed by atoms with van der Waals surface area (Å²) in [7, 11) is 1.58. The van der Waals surface area contributed by atoms with Crippen LogP contribution in [-0.2, 0) is 11.2 Å². The summed E-state index contributed by atoms with van der Waals surface area (Å²) in [5.74, 6) is -0.0288. The van der Waals surface area contributed by atoms with Crippen LogP contribution in [0.4, 0.5) is 5.13 Å². The summed E-state index contributed by atoms with van der Waals surface area (Å²) in [6.07, 6.45) is 1.56. The predicted octanol–water partition coefficient (Wildman–Crippen LogP) is 1.43. The van der Waals surface area contributed by atoms with E-state index in [9.17, 15) is 9.59 Å². The van der Waals surface area contributed by atoms with E-state index in [2.05, 4.69) is 10.3 Å². The predicted molar refractivity (Wildman–Crippen MR) is 76.0 cm³/mol. The van der Waals surface area contributed by atoms with E-state index in [-0.39, 0.29) is 12.3 Å². The van der Waals surface area contributed by atoms with Gasteiger partial charge in [-0.2, -0.15) is 0 Å². The van der Waals surface area contributed by atoms with Gasteiger partial charge in [-0.05, 0) is 17.7 Å². The van der Waals surface area contributed by atoms with Gasteiger partial charge in [0.25, 0.3) is 5.91 Å². The van der Waals surface area contributed by atoms with Crippen molar-refractivity contribution in [2.45, 2.75) is 6.42 Å². The lowest BCUT2D eigenvalue weighted by molar-refractivity contribution is -0.115. The molecule has 0 saturated heterocycles. The van der Waals surface area contributed by atoms with Crippen molar-refractivity contribution in [3.8, 4) is 5.75 Å². The van der Waals surface area contributed by atoms with E-state index in [1.165, 1.54) is 6.20 Å². The Hall–Kier alpha value is -2.41. The van der Waals surface area contributed by atoms with Crippen LogP contribution in [0.5, 0.6) is 5.75 Å². The second kappa shape index (κ2) is 6.16. The summed E-state index contributed by atoms with van der Waals surface area (Å²) in [5, 5.41) is 2.98. The van der Waals surface area contributed by atoms with Crippen molar-refractivity contribution in [1.82, 2.24) is 4.98 Å². The molecule has 1 aromatic heterocycles. The van der Waals surface area contributed by atoms with E-state index < -0.39 is 5.91 Å². The number of carbonyl (C=O) groups excluding carboxylic acids is 2. The topological polar surface area (TPSA) is 94.3 Å². The molecule has 2 rings (SSSR count). The summed E-state index contributed by atoms with van der Waals surface area (Å²) in [6, 6.07) is 7.21. The minimum atomic E-state index is -0.557. The third-order valence-corrected chi connectivity index (χ3v) is 3.45. The first kappa shape index (κ1) is 14.0. The summed E-state index contributed by atoms with van der Waals surface area (Å²) in [4.78, 5) is 27.0. The standard InChI is InChI=1S/C13H13N3O3S/c1-19-9-4-2-8(3-5-9)6-11(17)16-13-15-7-10(20-13)12(14)18/h2-5,7H,6H2,1H3,(H2,14,18)(H,15,16,17). The summed E-state index contributed by atoms with van der Waals surface area (Å²) in [5.41, 5.74) is 5.97. The Morgan fingerprint density at radius 3 is 2.60 bits per heavy atom. The molecule has 6 nitrogen and oxygen atoms in total. The Bertz CT molecular complexity index is 622. The average molecular weight is 291 g/mol. The number of carbonyl (C=O) groups is 2. The molecule has 2 amide bonds. The van der Waals surface area contributed by atoms with Gasteiger partial charge in [-0.3, -0.25) is 9.59 Å². The molecule has 0 aliphatic heterocycles. The van der Waals surface area contributed by atoms with Gasteiger partial charge < -0.3 is 15.8 Å². The lowest BCUT2D eigenvalue weighted by Crippen LogP contribution is -2.14. The highest BCUT2D eigenvalue weighted by molar-refractivity contribution is 7.17. The van der Waals surface area contributed by atoms with E-state index in [0.717, 1.165) is 22.6 Å². The smallest absolute Gasteiger partial charge is 0.260 e. The van der Waals surface area contributed by atoms with Crippen molar-refractivity contribution in [2.75, 3.05) is 12.4 Å². The normalized spacial score (nSPS) is 10.1. The number of amides is 2. The highest BCUT2D eigenvalue weighted by Crippen LogP contribution is 2.18. The van der Waals surface area contributed by atoms with Gasteiger partial charge in [-0.1, -0.05) is 23.5 Å². The maximum Gasteiger partial charge on any atom is 0.260 e. The lowest BCUT2D eigenvalue weighted by Gasteiger charge is -2.03. The van der Waals surface area contributed by atoms with E-state index in [0.29, 0.717) is 10.0 Å². The number of hydrogen-bond acceptors (Lipinski definition) is 5. The van der Waals surface area contributed by atoms with Crippen LogP contribution in [0.25, 0.3) is 0 Å². The van der Waals surface area contributed by atoms with Gasteiger partial charge in [0.1, 0.15) is 10.6 Å². The number of nitrogens with two attached hydrogens (primary N) is 1. The molecule has 0 aliphatic carbocycles. The molecule has 0 radical (unpaired) electrons. The molecule has 0 bridgehead atoms. The highest BCUT2D eigenvalue weighted by atomic mass is 32.1. The van der Waals surface area contributed by atoms with Crippen molar-refractivity contribution in [3.05, 3.63) is 40.9 Å². The number of nitrogens with one attached hydrogen (secondary N) is 1. The molecule has 0 unspecified atom stereocenters. The number of ether oxygens (including phenoxy) is 1. The SMILES string of the molecule is COc1ccc(CC(=O)Nc2ncc(C(N)=O)s2)cc1. The quantitative estimate of drug-likeness (QED) is 0.871. The Labute approximate surface area is 119 Å². The summed E-state index contributed by atoms with van der Waals surface area (Å²) < 4.78 is 5.04. The minimum absolute atomic E-state index is 0.208. The fourth-order valence-corrected chi connectivity index (χ4v) is 2.22. The van der Waals surface area contributed by atoms with Crippen LogP contribution in [0.1, 0.15) is 15.2 Å². The molecule has 1 heterocycles. The second-order valence-corrected chi connectivity index (χ2v) is 5.00. The van der Waals surface area contributed by atoms with Crippen molar-refractivity contribution in [2.24, 2.45) is 5.73 Å². The average Bonchev–Trinajstić information content (AvgIpc) is 2.88. The molecule has 20 heavy (non-hydrogen) atoms. The number of benzene rings is 1. The Balaban J connectivity index is 1.95. The molecular weight excluding hydrogens is 278 g/mol. The summed E-state index contributed by atoms with van der Waals surface area (Å²) in [6.45, 7) is 0. The zero-order valence-corrected chi connectivity index (χ0v) is 11.6. The number of aromatic nitrogens is 1. The van der Waals surface area contributed by atoms with Crippen LogP contribution in [0.15, 0.2) is 30.5 Å². The number of nitrogens with zero attached hydrogens (tertiary/aromatic N) is 1.